The quantitative estimate of drug-likeness (QED) is 0.307. The van der Waals surface area contributed by atoms with E-state index >= 15 is 0 Å². The van der Waals surface area contributed by atoms with E-state index in [4.69, 9.17) is 0 Å². The molecule has 0 spiro atoms. The highest BCUT2D eigenvalue weighted by molar-refractivity contribution is 4.84. The smallest absolute Gasteiger partial charge is 0.250 e. The molecule has 2 unspecified atom stereocenters. The second kappa shape index (κ2) is 6.39. The molecule has 19 heavy (non-hydrogen) atoms. The van der Waals surface area contributed by atoms with Crippen LogP contribution in [0.3, 0.4) is 0 Å². The first-order valence-electron chi connectivity index (χ1n) is 6.45. The molecular formula is C13H31N2O4+3. The summed E-state index contributed by atoms with van der Waals surface area (Å²) in [7, 11) is 9.40. The molecule has 0 radical (unpaired) electrons. The van der Waals surface area contributed by atoms with E-state index in [9.17, 15) is 20.4 Å². The lowest BCUT2D eigenvalue weighted by atomic mass is 9.93. The van der Waals surface area contributed by atoms with Gasteiger partial charge in [-0.15, -0.1) is 0 Å². The molecule has 114 valence electrons. The Morgan fingerprint density at radius 3 is 1.58 bits per heavy atom. The zero-order valence-electron chi connectivity index (χ0n) is 12.9. The maximum atomic E-state index is 10.3. The first kappa shape index (κ1) is 18.6. The molecular weight excluding hydrogens is 248 g/mol. The number of hydrogen-bond donors (Lipinski definition) is 4. The average molecular weight is 279 g/mol. The van der Waals surface area contributed by atoms with Gasteiger partial charge in [-0.05, 0) is 0 Å². The number of hydrogen-bond acceptors (Lipinski definition) is 4. The van der Waals surface area contributed by atoms with E-state index in [1.165, 1.54) is 0 Å². The summed E-state index contributed by atoms with van der Waals surface area (Å²) in [4.78, 5) is 0. The predicted octanol–water partition coefficient (Wildman–Crippen LogP) is -1.95. The van der Waals surface area contributed by atoms with Gasteiger partial charge in [-0.1, -0.05) is 0 Å². The minimum Gasteiger partial charge on any atom is -0.390 e. The number of rotatable bonds is 8. The molecule has 6 nitrogen and oxygen atoms in total. The molecule has 0 fully saturated rings. The van der Waals surface area contributed by atoms with Gasteiger partial charge < -0.3 is 24.9 Å². The molecule has 0 aliphatic heterocycles. The summed E-state index contributed by atoms with van der Waals surface area (Å²) >= 11 is 0. The lowest BCUT2D eigenvalue weighted by Crippen LogP contribution is -2.72. The van der Waals surface area contributed by atoms with Crippen molar-refractivity contribution in [2.45, 2.75) is 17.7 Å². The van der Waals surface area contributed by atoms with Crippen molar-refractivity contribution in [1.29, 1.82) is 0 Å². The van der Waals surface area contributed by atoms with Crippen LogP contribution in [0.4, 0.5) is 0 Å². The Balaban J connectivity index is 5.17. The lowest BCUT2D eigenvalue weighted by Gasteiger charge is -2.47. The van der Waals surface area contributed by atoms with Crippen LogP contribution in [-0.4, -0.2) is 109 Å². The van der Waals surface area contributed by atoms with Crippen LogP contribution in [0.25, 0.3) is 0 Å². The third-order valence-corrected chi connectivity index (χ3v) is 4.11. The van der Waals surface area contributed by atoms with Gasteiger partial charge in [0.2, 0.25) is 6.04 Å². The number of aliphatic hydroxyl groups is 4. The molecule has 0 aromatic rings. The second-order valence-electron chi connectivity index (χ2n) is 6.85. The van der Waals surface area contributed by atoms with Gasteiger partial charge in [0.1, 0.15) is 33.3 Å². The van der Waals surface area contributed by atoms with E-state index in [-0.39, 0.29) is 24.3 Å². The SMILES string of the molecule is [CH2+]C(C(O)C[N+](C)(C)C)[N+](C)(C)C(CO)(CO)CO. The highest BCUT2D eigenvalue weighted by atomic mass is 16.3. The summed E-state index contributed by atoms with van der Waals surface area (Å²) < 4.78 is 0.620. The van der Waals surface area contributed by atoms with Crippen LogP contribution in [-0.2, 0) is 0 Å². The summed E-state index contributed by atoms with van der Waals surface area (Å²) in [5, 5.41) is 38.9. The molecule has 0 aromatic heterocycles. The maximum absolute atomic E-state index is 10.3. The van der Waals surface area contributed by atoms with Crippen LogP contribution in [0.1, 0.15) is 0 Å². The molecule has 0 aromatic carbocycles. The van der Waals surface area contributed by atoms with E-state index in [1.54, 1.807) is 14.1 Å². The molecule has 0 heterocycles. The van der Waals surface area contributed by atoms with E-state index in [1.807, 2.05) is 21.1 Å². The molecule has 0 amide bonds. The number of likely N-dealkylation sites (N-methyl/N-ethyl adjacent to an activating group) is 2. The fourth-order valence-corrected chi connectivity index (χ4v) is 2.16. The van der Waals surface area contributed by atoms with Gasteiger partial charge in [0, 0.05) is 0 Å². The van der Waals surface area contributed by atoms with Gasteiger partial charge in [-0.2, -0.15) is 0 Å². The lowest BCUT2D eigenvalue weighted by molar-refractivity contribution is -0.968. The third kappa shape index (κ3) is 4.05. The van der Waals surface area contributed by atoms with Crippen LogP contribution in [0.15, 0.2) is 0 Å². The Kier molecular flexibility index (Phi) is 6.26. The topological polar surface area (TPSA) is 80.9 Å². The van der Waals surface area contributed by atoms with Gasteiger partial charge in [0.25, 0.3) is 0 Å². The van der Waals surface area contributed by atoms with Crippen LogP contribution >= 0.6 is 0 Å². The van der Waals surface area contributed by atoms with E-state index in [2.05, 4.69) is 6.92 Å². The monoisotopic (exact) mass is 279 g/mol. The highest BCUT2D eigenvalue weighted by Crippen LogP contribution is 2.26. The molecule has 0 rings (SSSR count). The molecule has 0 aliphatic carbocycles. The van der Waals surface area contributed by atoms with Gasteiger partial charge in [-0.3, -0.25) is 4.48 Å². The normalized spacial score (nSPS) is 17.3. The summed E-state index contributed by atoms with van der Waals surface area (Å²) in [6.45, 7) is 3.34. The number of aliphatic hydroxyl groups excluding tert-OH is 4. The number of quaternary nitrogens is 2. The Bertz CT molecular complexity index is 264. The maximum Gasteiger partial charge on any atom is 0.250 e. The molecule has 6 heteroatoms. The molecule has 0 aliphatic rings. The van der Waals surface area contributed by atoms with Crippen molar-refractivity contribution in [1.82, 2.24) is 0 Å². The average Bonchev–Trinajstić information content (AvgIpc) is 2.28. The molecule has 4 N–H and O–H groups in total. The van der Waals surface area contributed by atoms with Gasteiger partial charge in [-0.25, -0.2) is 0 Å². The standard InChI is InChI=1S/C13H31N2O4/c1-11(12(19)7-14(2,3)4)15(5,6)13(8-16,9-17)10-18/h11-12,16-19H,1,7-10H2,2-6H3/q+3. The van der Waals surface area contributed by atoms with Crippen LogP contribution in [0.2, 0.25) is 0 Å². The Hall–Kier alpha value is -0.370. The molecule has 0 saturated carbocycles. The van der Waals surface area contributed by atoms with E-state index in [0.717, 1.165) is 0 Å². The van der Waals surface area contributed by atoms with Crippen LogP contribution in [0.5, 0.6) is 0 Å². The highest BCUT2D eigenvalue weighted by Gasteiger charge is 2.53. The van der Waals surface area contributed by atoms with Crippen molar-refractivity contribution in [3.05, 3.63) is 6.92 Å². The summed E-state index contributed by atoms with van der Waals surface area (Å²) in [5.74, 6) is 0. The minimum atomic E-state index is -1.13. The Morgan fingerprint density at radius 2 is 1.32 bits per heavy atom. The van der Waals surface area contributed by atoms with Gasteiger partial charge in [0.05, 0.1) is 35.2 Å². The van der Waals surface area contributed by atoms with Gasteiger partial charge >= 0.3 is 0 Å². The van der Waals surface area contributed by atoms with Gasteiger partial charge in [0.15, 0.2) is 11.6 Å². The summed E-state index contributed by atoms with van der Waals surface area (Å²) in [6.07, 6.45) is -0.709. The van der Waals surface area contributed by atoms with Crippen molar-refractivity contribution >= 4 is 0 Å². The van der Waals surface area contributed by atoms with E-state index < -0.39 is 17.7 Å². The largest absolute Gasteiger partial charge is 0.390 e. The fourth-order valence-electron chi connectivity index (χ4n) is 2.16. The first-order chi connectivity index (χ1) is 8.47. The van der Waals surface area contributed by atoms with Crippen LogP contribution < -0.4 is 0 Å². The molecule has 0 saturated heterocycles. The summed E-state index contributed by atoms with van der Waals surface area (Å²) in [6, 6.07) is -0.483. The van der Waals surface area contributed by atoms with Crippen molar-refractivity contribution in [3.63, 3.8) is 0 Å². The predicted molar refractivity (Wildman–Crippen MR) is 74.1 cm³/mol. The fraction of sp³-hybridized carbons (Fsp3) is 0.923. The van der Waals surface area contributed by atoms with Crippen molar-refractivity contribution in [3.8, 4) is 0 Å². The Morgan fingerprint density at radius 1 is 0.947 bits per heavy atom. The zero-order chi connectivity index (χ0) is 15.5. The van der Waals surface area contributed by atoms with Crippen molar-refractivity contribution in [2.24, 2.45) is 0 Å². The van der Waals surface area contributed by atoms with E-state index in [0.29, 0.717) is 11.0 Å². The molecule has 2 atom stereocenters. The first-order valence-corrected chi connectivity index (χ1v) is 6.45. The van der Waals surface area contributed by atoms with Crippen molar-refractivity contribution < 1.29 is 29.4 Å². The summed E-state index contributed by atoms with van der Waals surface area (Å²) in [5.41, 5.74) is -1.13. The molecule has 0 bridgehead atoms. The van der Waals surface area contributed by atoms with Crippen LogP contribution in [0, 0.1) is 6.92 Å². The minimum absolute atomic E-state index is 0.0394. The second-order valence-corrected chi connectivity index (χ2v) is 6.85. The van der Waals surface area contributed by atoms with Crippen molar-refractivity contribution in [2.75, 3.05) is 61.6 Å². The zero-order valence-corrected chi connectivity index (χ0v) is 12.9. The Labute approximate surface area is 116 Å². The number of nitrogens with zero attached hydrogens (tertiary/aromatic N) is 2. The third-order valence-electron chi connectivity index (χ3n) is 4.11.